The van der Waals surface area contributed by atoms with Gasteiger partial charge in [-0.2, -0.15) is 0 Å². The van der Waals surface area contributed by atoms with E-state index < -0.39 is 0 Å². The first-order valence-electron chi connectivity index (χ1n) is 7.96. The van der Waals surface area contributed by atoms with E-state index in [1.165, 1.54) is 18.9 Å². The minimum atomic E-state index is -0.155. The van der Waals surface area contributed by atoms with Crippen LogP contribution in [0.5, 0.6) is 0 Å². The van der Waals surface area contributed by atoms with Crippen LogP contribution in [0.1, 0.15) is 31.2 Å². The maximum absolute atomic E-state index is 13.7. The number of piperidine rings is 1. The number of carbonyl (C=O) groups is 1. The van der Waals surface area contributed by atoms with Crippen LogP contribution < -0.4 is 5.32 Å². The predicted octanol–water partition coefficient (Wildman–Crippen LogP) is 2.56. The summed E-state index contributed by atoms with van der Waals surface area (Å²) in [5.41, 5.74) is 0.719. The van der Waals surface area contributed by atoms with E-state index in [4.69, 9.17) is 0 Å². The molecule has 0 unspecified atom stereocenters. The number of carbonyl (C=O) groups excluding carboxylic acids is 1. The molecular weight excluding hydrogens is 267 g/mol. The number of nitrogens with one attached hydrogen (secondary N) is 1. The highest BCUT2D eigenvalue weighted by Gasteiger charge is 2.28. The van der Waals surface area contributed by atoms with E-state index in [0.717, 1.165) is 38.0 Å². The molecule has 2 aliphatic rings. The maximum atomic E-state index is 13.7. The Morgan fingerprint density at radius 1 is 1.29 bits per heavy atom. The van der Waals surface area contributed by atoms with Crippen molar-refractivity contribution in [2.24, 2.45) is 11.8 Å². The van der Waals surface area contributed by atoms with Gasteiger partial charge in [0, 0.05) is 25.2 Å². The van der Waals surface area contributed by atoms with Crippen molar-refractivity contribution in [1.29, 1.82) is 0 Å². The standard InChI is InChI=1S/C17H23FN2O/c18-16-6-2-1-4-14(16)11-20-9-3-5-15(12-20)17(21)19-10-13-7-8-13/h1-2,4,6,13,15H,3,5,7-12H2,(H,19,21)/t15-/m1/s1. The zero-order valence-corrected chi connectivity index (χ0v) is 12.4. The molecule has 0 radical (unpaired) electrons. The van der Waals surface area contributed by atoms with Gasteiger partial charge in [0.2, 0.25) is 5.91 Å². The number of benzene rings is 1. The van der Waals surface area contributed by atoms with E-state index in [1.807, 2.05) is 12.1 Å². The van der Waals surface area contributed by atoms with Crippen molar-refractivity contribution in [3.05, 3.63) is 35.6 Å². The van der Waals surface area contributed by atoms with Crippen molar-refractivity contribution >= 4 is 5.91 Å². The van der Waals surface area contributed by atoms with Crippen LogP contribution in [0.3, 0.4) is 0 Å². The molecule has 1 aromatic carbocycles. The Kier molecular flexibility index (Phi) is 4.54. The Balaban J connectivity index is 1.52. The summed E-state index contributed by atoms with van der Waals surface area (Å²) in [4.78, 5) is 14.4. The zero-order chi connectivity index (χ0) is 14.7. The van der Waals surface area contributed by atoms with E-state index in [1.54, 1.807) is 6.07 Å². The summed E-state index contributed by atoms with van der Waals surface area (Å²) >= 11 is 0. The van der Waals surface area contributed by atoms with Crippen molar-refractivity contribution in [3.8, 4) is 0 Å². The Morgan fingerprint density at radius 2 is 2.10 bits per heavy atom. The van der Waals surface area contributed by atoms with Crippen molar-refractivity contribution in [2.75, 3.05) is 19.6 Å². The fraction of sp³-hybridized carbons (Fsp3) is 0.588. The number of hydrogen-bond acceptors (Lipinski definition) is 2. The van der Waals surface area contributed by atoms with Gasteiger partial charge in [0.15, 0.2) is 0 Å². The summed E-state index contributed by atoms with van der Waals surface area (Å²) in [5, 5.41) is 3.07. The number of amides is 1. The van der Waals surface area contributed by atoms with E-state index in [9.17, 15) is 9.18 Å². The van der Waals surface area contributed by atoms with Crippen molar-refractivity contribution in [1.82, 2.24) is 10.2 Å². The molecule has 4 heteroatoms. The molecule has 1 saturated heterocycles. The van der Waals surface area contributed by atoms with Crippen LogP contribution in [0.25, 0.3) is 0 Å². The highest BCUT2D eigenvalue weighted by atomic mass is 19.1. The average molecular weight is 290 g/mol. The number of likely N-dealkylation sites (tertiary alicyclic amines) is 1. The fourth-order valence-electron chi connectivity index (χ4n) is 2.99. The summed E-state index contributed by atoms with van der Waals surface area (Å²) in [6.07, 6.45) is 4.47. The third-order valence-electron chi connectivity index (χ3n) is 4.49. The van der Waals surface area contributed by atoms with E-state index in [-0.39, 0.29) is 17.6 Å². The second-order valence-corrected chi connectivity index (χ2v) is 6.35. The first-order chi connectivity index (χ1) is 10.2. The van der Waals surface area contributed by atoms with Gasteiger partial charge in [-0.1, -0.05) is 18.2 Å². The molecule has 1 N–H and O–H groups in total. The van der Waals surface area contributed by atoms with Crippen LogP contribution >= 0.6 is 0 Å². The molecule has 0 spiro atoms. The first kappa shape index (κ1) is 14.5. The fourth-order valence-corrected chi connectivity index (χ4v) is 2.99. The van der Waals surface area contributed by atoms with Gasteiger partial charge >= 0.3 is 0 Å². The molecule has 1 amide bonds. The lowest BCUT2D eigenvalue weighted by Gasteiger charge is -2.32. The molecule has 3 nitrogen and oxygen atoms in total. The molecule has 2 fully saturated rings. The Bertz CT molecular complexity index is 501. The highest BCUT2D eigenvalue weighted by molar-refractivity contribution is 5.79. The summed E-state index contributed by atoms with van der Waals surface area (Å²) in [5.74, 6) is 0.800. The molecule has 1 atom stereocenters. The van der Waals surface area contributed by atoms with Gasteiger partial charge in [-0.25, -0.2) is 4.39 Å². The summed E-state index contributed by atoms with van der Waals surface area (Å²) < 4.78 is 13.7. The molecule has 1 aliphatic heterocycles. The second-order valence-electron chi connectivity index (χ2n) is 6.35. The molecule has 0 bridgehead atoms. The molecule has 114 valence electrons. The predicted molar refractivity (Wildman–Crippen MR) is 80.1 cm³/mol. The molecule has 3 rings (SSSR count). The molecule has 1 heterocycles. The Morgan fingerprint density at radius 3 is 2.86 bits per heavy atom. The van der Waals surface area contributed by atoms with Crippen molar-refractivity contribution < 1.29 is 9.18 Å². The van der Waals surface area contributed by atoms with Gasteiger partial charge in [0.1, 0.15) is 5.82 Å². The highest BCUT2D eigenvalue weighted by Crippen LogP contribution is 2.28. The van der Waals surface area contributed by atoms with Crippen LogP contribution in [0.15, 0.2) is 24.3 Å². The quantitative estimate of drug-likeness (QED) is 0.904. The van der Waals surface area contributed by atoms with Crippen LogP contribution in [0, 0.1) is 17.7 Å². The summed E-state index contributed by atoms with van der Waals surface area (Å²) in [6.45, 7) is 3.12. The SMILES string of the molecule is O=C(NCC1CC1)[C@@H]1CCCN(Cc2ccccc2F)C1. The molecule has 1 aromatic rings. The molecule has 0 aromatic heterocycles. The van der Waals surface area contributed by atoms with Crippen molar-refractivity contribution in [3.63, 3.8) is 0 Å². The van der Waals surface area contributed by atoms with E-state index >= 15 is 0 Å². The maximum Gasteiger partial charge on any atom is 0.224 e. The molecule has 1 saturated carbocycles. The van der Waals surface area contributed by atoms with Crippen LogP contribution in [0.2, 0.25) is 0 Å². The Labute approximate surface area is 125 Å². The van der Waals surface area contributed by atoms with Gasteiger partial charge in [0.25, 0.3) is 0 Å². The monoisotopic (exact) mass is 290 g/mol. The molecule has 1 aliphatic carbocycles. The topological polar surface area (TPSA) is 32.3 Å². The number of nitrogens with zero attached hydrogens (tertiary/aromatic N) is 1. The van der Waals surface area contributed by atoms with Gasteiger partial charge in [-0.05, 0) is 44.2 Å². The second kappa shape index (κ2) is 6.56. The van der Waals surface area contributed by atoms with Crippen molar-refractivity contribution in [2.45, 2.75) is 32.2 Å². The molecule has 21 heavy (non-hydrogen) atoms. The molecular formula is C17H23FN2O. The van der Waals surface area contributed by atoms with Crippen LogP contribution in [0.4, 0.5) is 4.39 Å². The van der Waals surface area contributed by atoms with E-state index in [0.29, 0.717) is 12.5 Å². The normalized spacial score (nSPS) is 23.0. The smallest absolute Gasteiger partial charge is 0.224 e. The van der Waals surface area contributed by atoms with Gasteiger partial charge < -0.3 is 5.32 Å². The number of hydrogen-bond donors (Lipinski definition) is 1. The third kappa shape index (κ3) is 4.03. The zero-order valence-electron chi connectivity index (χ0n) is 12.4. The van der Waals surface area contributed by atoms with Gasteiger partial charge in [-0.3, -0.25) is 9.69 Å². The van der Waals surface area contributed by atoms with Crippen LogP contribution in [-0.4, -0.2) is 30.4 Å². The average Bonchev–Trinajstić information content (AvgIpc) is 3.32. The minimum Gasteiger partial charge on any atom is -0.356 e. The first-order valence-corrected chi connectivity index (χ1v) is 7.96. The lowest BCUT2D eigenvalue weighted by atomic mass is 9.96. The van der Waals surface area contributed by atoms with E-state index in [2.05, 4.69) is 10.2 Å². The minimum absolute atomic E-state index is 0.0595. The lowest BCUT2D eigenvalue weighted by Crippen LogP contribution is -2.43. The largest absolute Gasteiger partial charge is 0.356 e. The lowest BCUT2D eigenvalue weighted by molar-refractivity contribution is -0.126. The van der Waals surface area contributed by atoms with Gasteiger partial charge in [0.05, 0.1) is 5.92 Å². The number of halogens is 1. The summed E-state index contributed by atoms with van der Waals surface area (Å²) in [6, 6.07) is 6.90. The van der Waals surface area contributed by atoms with Crippen LogP contribution in [-0.2, 0) is 11.3 Å². The summed E-state index contributed by atoms with van der Waals surface area (Å²) in [7, 11) is 0. The number of rotatable bonds is 5. The van der Waals surface area contributed by atoms with Gasteiger partial charge in [-0.15, -0.1) is 0 Å². The third-order valence-corrected chi connectivity index (χ3v) is 4.49. The Hall–Kier alpha value is -1.42.